The standard InChI is InChI=1S/C25H20FN3O6/c1-16-6-12-19(13-7-16)34-21-5-3-2-4-20(21)27-22(30)15-33-23(31)14-29-25(32)35-24(28-29)17-8-10-18(26)11-9-17/h2-13H,14-15H2,1H3,(H,27,30). The molecule has 0 bridgehead atoms. The number of amides is 1. The zero-order chi connectivity index (χ0) is 24.8. The van der Waals surface area contributed by atoms with Crippen molar-refractivity contribution in [2.24, 2.45) is 0 Å². The maximum Gasteiger partial charge on any atom is 0.437 e. The Morgan fingerprint density at radius 3 is 2.49 bits per heavy atom. The number of para-hydroxylation sites is 2. The van der Waals surface area contributed by atoms with E-state index in [0.29, 0.717) is 22.7 Å². The summed E-state index contributed by atoms with van der Waals surface area (Å²) in [6.07, 6.45) is 0. The van der Waals surface area contributed by atoms with Crippen molar-refractivity contribution in [2.75, 3.05) is 11.9 Å². The van der Waals surface area contributed by atoms with Crippen LogP contribution in [-0.4, -0.2) is 28.3 Å². The Morgan fingerprint density at radius 2 is 1.74 bits per heavy atom. The number of aryl methyl sites for hydroxylation is 1. The number of rotatable bonds is 8. The lowest BCUT2D eigenvalue weighted by Crippen LogP contribution is -2.26. The van der Waals surface area contributed by atoms with E-state index < -0.39 is 36.6 Å². The van der Waals surface area contributed by atoms with Crippen LogP contribution in [0.1, 0.15) is 5.56 Å². The molecule has 4 aromatic rings. The largest absolute Gasteiger partial charge is 0.455 e. The van der Waals surface area contributed by atoms with Gasteiger partial charge in [0.15, 0.2) is 12.4 Å². The summed E-state index contributed by atoms with van der Waals surface area (Å²) in [7, 11) is 0. The minimum absolute atomic E-state index is 0.0780. The van der Waals surface area contributed by atoms with Crippen LogP contribution >= 0.6 is 0 Å². The fourth-order valence-electron chi connectivity index (χ4n) is 3.01. The molecule has 178 valence electrons. The van der Waals surface area contributed by atoms with Crippen LogP contribution in [0.3, 0.4) is 0 Å². The lowest BCUT2D eigenvalue weighted by atomic mass is 10.2. The number of esters is 1. The summed E-state index contributed by atoms with van der Waals surface area (Å²) in [4.78, 5) is 36.4. The summed E-state index contributed by atoms with van der Waals surface area (Å²) in [5.74, 6) is -1.89. The topological polar surface area (TPSA) is 113 Å². The highest BCUT2D eigenvalue weighted by atomic mass is 19.1. The Labute approximate surface area is 198 Å². The van der Waals surface area contributed by atoms with Crippen molar-refractivity contribution < 1.29 is 27.9 Å². The first-order valence-corrected chi connectivity index (χ1v) is 10.5. The first-order valence-electron chi connectivity index (χ1n) is 10.5. The molecule has 1 aromatic heterocycles. The molecule has 1 N–H and O–H groups in total. The number of nitrogens with zero attached hydrogens (tertiary/aromatic N) is 2. The first kappa shape index (κ1) is 23.4. The highest BCUT2D eigenvalue weighted by molar-refractivity contribution is 5.94. The molecule has 4 rings (SSSR count). The van der Waals surface area contributed by atoms with Crippen LogP contribution < -0.4 is 15.8 Å². The average Bonchev–Trinajstić information content (AvgIpc) is 3.21. The second kappa shape index (κ2) is 10.5. The molecule has 0 aliphatic carbocycles. The van der Waals surface area contributed by atoms with Crippen LogP contribution in [0, 0.1) is 12.7 Å². The minimum Gasteiger partial charge on any atom is -0.455 e. The molecule has 0 radical (unpaired) electrons. The third kappa shape index (κ3) is 6.20. The Hall–Kier alpha value is -4.73. The van der Waals surface area contributed by atoms with Gasteiger partial charge in [-0.15, -0.1) is 5.10 Å². The third-order valence-electron chi connectivity index (χ3n) is 4.75. The van der Waals surface area contributed by atoms with Gasteiger partial charge in [0.2, 0.25) is 5.89 Å². The summed E-state index contributed by atoms with van der Waals surface area (Å²) >= 11 is 0. The number of ether oxygens (including phenoxy) is 2. The summed E-state index contributed by atoms with van der Waals surface area (Å²) in [6.45, 7) is 0.807. The Morgan fingerprint density at radius 1 is 1.03 bits per heavy atom. The molecule has 9 nitrogen and oxygen atoms in total. The summed E-state index contributed by atoms with van der Waals surface area (Å²) in [5.41, 5.74) is 1.84. The molecule has 0 saturated heterocycles. The molecule has 10 heteroatoms. The van der Waals surface area contributed by atoms with Gasteiger partial charge in [-0.2, -0.15) is 4.68 Å². The van der Waals surface area contributed by atoms with Crippen LogP contribution in [0.15, 0.2) is 82.0 Å². The van der Waals surface area contributed by atoms with E-state index in [1.54, 1.807) is 24.3 Å². The van der Waals surface area contributed by atoms with E-state index in [9.17, 15) is 18.8 Å². The van der Waals surface area contributed by atoms with Gasteiger partial charge in [-0.25, -0.2) is 9.18 Å². The van der Waals surface area contributed by atoms with Crippen molar-refractivity contribution in [1.29, 1.82) is 0 Å². The molecule has 0 spiro atoms. The summed E-state index contributed by atoms with van der Waals surface area (Å²) in [5, 5.41) is 6.53. The van der Waals surface area contributed by atoms with E-state index in [4.69, 9.17) is 13.9 Å². The van der Waals surface area contributed by atoms with Crippen LogP contribution in [0.4, 0.5) is 10.1 Å². The fourth-order valence-corrected chi connectivity index (χ4v) is 3.01. The Bertz CT molecular complexity index is 1390. The zero-order valence-corrected chi connectivity index (χ0v) is 18.6. The van der Waals surface area contributed by atoms with Gasteiger partial charge in [-0.05, 0) is 55.5 Å². The smallest absolute Gasteiger partial charge is 0.437 e. The number of hydrogen-bond acceptors (Lipinski definition) is 7. The SMILES string of the molecule is Cc1ccc(Oc2ccccc2NC(=O)COC(=O)Cn2nc(-c3ccc(F)cc3)oc2=O)cc1. The highest BCUT2D eigenvalue weighted by Crippen LogP contribution is 2.29. The van der Waals surface area contributed by atoms with Crippen molar-refractivity contribution in [1.82, 2.24) is 9.78 Å². The zero-order valence-electron chi connectivity index (χ0n) is 18.6. The van der Waals surface area contributed by atoms with Crippen molar-refractivity contribution in [3.05, 3.63) is 94.7 Å². The Kier molecular flexibility index (Phi) is 7.01. The van der Waals surface area contributed by atoms with E-state index >= 15 is 0 Å². The number of carbonyl (C=O) groups excluding carboxylic acids is 2. The quantitative estimate of drug-likeness (QED) is 0.383. The molecular weight excluding hydrogens is 457 g/mol. The van der Waals surface area contributed by atoms with Gasteiger partial charge < -0.3 is 19.2 Å². The molecular formula is C25H20FN3O6. The van der Waals surface area contributed by atoms with E-state index in [0.717, 1.165) is 10.2 Å². The molecule has 0 aliphatic heterocycles. The predicted octanol–water partition coefficient (Wildman–Crippen LogP) is 3.93. The third-order valence-corrected chi connectivity index (χ3v) is 4.75. The summed E-state index contributed by atoms with van der Waals surface area (Å²) < 4.78 is 29.6. The second-order valence-corrected chi connectivity index (χ2v) is 7.46. The van der Waals surface area contributed by atoms with E-state index in [2.05, 4.69) is 10.4 Å². The molecule has 0 aliphatic rings. The summed E-state index contributed by atoms with van der Waals surface area (Å²) in [6, 6.07) is 19.4. The number of hydrogen-bond donors (Lipinski definition) is 1. The second-order valence-electron chi connectivity index (χ2n) is 7.46. The van der Waals surface area contributed by atoms with Crippen molar-refractivity contribution in [3.63, 3.8) is 0 Å². The van der Waals surface area contributed by atoms with Gasteiger partial charge in [0.05, 0.1) is 5.69 Å². The molecule has 0 atom stereocenters. The van der Waals surface area contributed by atoms with Crippen molar-refractivity contribution in [2.45, 2.75) is 13.5 Å². The normalized spacial score (nSPS) is 10.6. The minimum atomic E-state index is -0.895. The van der Waals surface area contributed by atoms with E-state index in [-0.39, 0.29) is 5.89 Å². The number of aromatic nitrogens is 2. The van der Waals surface area contributed by atoms with Crippen molar-refractivity contribution >= 4 is 17.6 Å². The average molecular weight is 477 g/mol. The molecule has 1 heterocycles. The van der Waals surface area contributed by atoms with Gasteiger partial charge in [-0.1, -0.05) is 29.8 Å². The molecule has 35 heavy (non-hydrogen) atoms. The monoisotopic (exact) mass is 477 g/mol. The van der Waals surface area contributed by atoms with Crippen molar-refractivity contribution in [3.8, 4) is 23.0 Å². The number of nitrogens with one attached hydrogen (secondary N) is 1. The predicted molar refractivity (Wildman–Crippen MR) is 123 cm³/mol. The fraction of sp³-hybridized carbons (Fsp3) is 0.120. The molecule has 3 aromatic carbocycles. The Balaban J connectivity index is 1.32. The molecule has 0 saturated carbocycles. The van der Waals surface area contributed by atoms with Crippen LogP contribution in [0.25, 0.3) is 11.5 Å². The highest BCUT2D eigenvalue weighted by Gasteiger charge is 2.16. The molecule has 1 amide bonds. The van der Waals surface area contributed by atoms with Gasteiger partial charge in [0.1, 0.15) is 18.1 Å². The van der Waals surface area contributed by atoms with Gasteiger partial charge in [0, 0.05) is 5.56 Å². The number of carbonyl (C=O) groups is 2. The number of halogens is 1. The van der Waals surface area contributed by atoms with Gasteiger partial charge in [-0.3, -0.25) is 9.59 Å². The van der Waals surface area contributed by atoms with Gasteiger partial charge >= 0.3 is 11.7 Å². The lowest BCUT2D eigenvalue weighted by Gasteiger charge is -2.12. The first-order chi connectivity index (χ1) is 16.9. The van der Waals surface area contributed by atoms with Gasteiger partial charge in [0.25, 0.3) is 5.91 Å². The molecule has 0 unspecified atom stereocenters. The van der Waals surface area contributed by atoms with Crippen LogP contribution in [0.2, 0.25) is 0 Å². The number of anilines is 1. The van der Waals surface area contributed by atoms with Crippen LogP contribution in [0.5, 0.6) is 11.5 Å². The maximum atomic E-state index is 13.1. The lowest BCUT2D eigenvalue weighted by molar-refractivity contribution is -0.148. The maximum absolute atomic E-state index is 13.1. The van der Waals surface area contributed by atoms with Crippen LogP contribution in [-0.2, 0) is 20.9 Å². The van der Waals surface area contributed by atoms with E-state index in [1.165, 1.54) is 24.3 Å². The molecule has 0 fully saturated rings. The van der Waals surface area contributed by atoms with E-state index in [1.807, 2.05) is 31.2 Å². The number of benzene rings is 3.